The summed E-state index contributed by atoms with van der Waals surface area (Å²) >= 11 is 0. The maximum Gasteiger partial charge on any atom is 0.309 e. The predicted molar refractivity (Wildman–Crippen MR) is 124 cm³/mol. The molecule has 1 N–H and O–H groups in total. The number of hydrogen-bond acceptors (Lipinski definition) is 5. The van der Waals surface area contributed by atoms with Crippen LogP contribution in [0, 0.1) is 13.8 Å². The van der Waals surface area contributed by atoms with Crippen LogP contribution in [0.4, 0.5) is 0 Å². The molecule has 4 rings (SSSR count). The number of aliphatic hydroxyl groups excluding tert-OH is 1. The maximum atomic E-state index is 11.7. The van der Waals surface area contributed by atoms with Crippen LogP contribution in [0.25, 0.3) is 6.08 Å². The smallest absolute Gasteiger partial charge is 0.309 e. The molecular weight excluding hydrogens is 404 g/mol. The first-order valence-corrected chi connectivity index (χ1v) is 11.3. The Morgan fingerprint density at radius 3 is 2.66 bits per heavy atom. The van der Waals surface area contributed by atoms with Crippen molar-refractivity contribution in [3.8, 4) is 11.5 Å². The average molecular weight is 437 g/mol. The number of ether oxygens (including phenoxy) is 3. The van der Waals surface area contributed by atoms with Crippen molar-refractivity contribution in [2.45, 2.75) is 77.8 Å². The van der Waals surface area contributed by atoms with Crippen LogP contribution in [0.15, 0.2) is 36.4 Å². The summed E-state index contributed by atoms with van der Waals surface area (Å²) in [5, 5.41) is 9.94. The molecule has 32 heavy (non-hydrogen) atoms. The normalized spacial score (nSPS) is 22.2. The van der Waals surface area contributed by atoms with Gasteiger partial charge < -0.3 is 19.3 Å². The number of aliphatic hydroxyl groups is 1. The van der Waals surface area contributed by atoms with Gasteiger partial charge >= 0.3 is 5.97 Å². The van der Waals surface area contributed by atoms with Gasteiger partial charge in [-0.3, -0.25) is 4.79 Å². The molecule has 1 fully saturated rings. The van der Waals surface area contributed by atoms with Gasteiger partial charge in [0.05, 0.1) is 12.5 Å². The Labute approximate surface area is 190 Å². The molecule has 0 saturated carbocycles. The quantitative estimate of drug-likeness (QED) is 0.663. The van der Waals surface area contributed by atoms with Crippen LogP contribution < -0.4 is 9.47 Å². The highest BCUT2D eigenvalue weighted by Crippen LogP contribution is 2.45. The van der Waals surface area contributed by atoms with Crippen molar-refractivity contribution in [2.75, 3.05) is 0 Å². The summed E-state index contributed by atoms with van der Waals surface area (Å²) in [6, 6.07) is 10.1. The van der Waals surface area contributed by atoms with Crippen LogP contribution >= 0.6 is 0 Å². The third kappa shape index (κ3) is 4.83. The van der Waals surface area contributed by atoms with E-state index < -0.39 is 12.2 Å². The highest BCUT2D eigenvalue weighted by atomic mass is 16.5. The lowest BCUT2D eigenvalue weighted by Crippen LogP contribution is -2.33. The average Bonchev–Trinajstić information content (AvgIpc) is 2.73. The van der Waals surface area contributed by atoms with Crippen LogP contribution in [0.5, 0.6) is 11.5 Å². The highest BCUT2D eigenvalue weighted by Gasteiger charge is 2.32. The third-order valence-electron chi connectivity index (χ3n) is 6.31. The second-order valence-electron chi connectivity index (χ2n) is 9.42. The fraction of sp³-hybridized carbons (Fsp3) is 0.444. The van der Waals surface area contributed by atoms with Crippen LogP contribution in [0.3, 0.4) is 0 Å². The van der Waals surface area contributed by atoms with E-state index in [0.717, 1.165) is 46.6 Å². The SMILES string of the molecule is Cc1c(C=C[C@H]2C[C@H](O)CC(=O)O2)c2c(c(C)c1OCc1ccccc1)CCC(C)(C)O2. The van der Waals surface area contributed by atoms with Crippen molar-refractivity contribution in [2.24, 2.45) is 0 Å². The van der Waals surface area contributed by atoms with E-state index in [1.54, 1.807) is 0 Å². The van der Waals surface area contributed by atoms with Gasteiger partial charge in [0.15, 0.2) is 0 Å². The summed E-state index contributed by atoms with van der Waals surface area (Å²) in [7, 11) is 0. The molecule has 0 amide bonds. The first-order chi connectivity index (χ1) is 15.2. The van der Waals surface area contributed by atoms with E-state index in [0.29, 0.717) is 13.0 Å². The standard InChI is InChI=1S/C27H32O5/c1-17-22(11-10-21-14-20(28)15-24(29)31-21)26-23(12-13-27(3,4)32-26)18(2)25(17)30-16-19-8-6-5-7-9-19/h5-11,20-21,28H,12-16H2,1-4H3/t20-,21-/m0/s1. The number of benzene rings is 2. The fourth-order valence-electron chi connectivity index (χ4n) is 4.49. The molecule has 0 aromatic heterocycles. The monoisotopic (exact) mass is 436 g/mol. The topological polar surface area (TPSA) is 65.0 Å². The fourth-order valence-corrected chi connectivity index (χ4v) is 4.49. The van der Waals surface area contributed by atoms with Gasteiger partial charge in [0, 0.05) is 23.1 Å². The van der Waals surface area contributed by atoms with Gasteiger partial charge in [-0.15, -0.1) is 0 Å². The number of fused-ring (bicyclic) bond motifs is 1. The Kier molecular flexibility index (Phi) is 6.29. The first kappa shape index (κ1) is 22.4. The summed E-state index contributed by atoms with van der Waals surface area (Å²) in [5.74, 6) is 1.38. The highest BCUT2D eigenvalue weighted by molar-refractivity contribution is 5.73. The molecule has 0 spiro atoms. The zero-order valence-electron chi connectivity index (χ0n) is 19.3. The molecule has 2 aliphatic rings. The number of cyclic esters (lactones) is 1. The van der Waals surface area contributed by atoms with E-state index in [9.17, 15) is 9.90 Å². The first-order valence-electron chi connectivity index (χ1n) is 11.3. The number of carbonyl (C=O) groups is 1. The minimum absolute atomic E-state index is 0.0536. The molecule has 0 aliphatic carbocycles. The van der Waals surface area contributed by atoms with Crippen LogP contribution in [0.2, 0.25) is 0 Å². The number of rotatable bonds is 5. The van der Waals surface area contributed by atoms with E-state index in [2.05, 4.69) is 32.9 Å². The van der Waals surface area contributed by atoms with Crippen molar-refractivity contribution in [3.63, 3.8) is 0 Å². The lowest BCUT2D eigenvalue weighted by atomic mass is 9.87. The molecule has 1 saturated heterocycles. The zero-order chi connectivity index (χ0) is 22.9. The number of hydrogen-bond donors (Lipinski definition) is 1. The molecule has 2 heterocycles. The molecule has 2 aromatic rings. The largest absolute Gasteiger partial charge is 0.488 e. The summed E-state index contributed by atoms with van der Waals surface area (Å²) in [5.41, 5.74) is 5.07. The zero-order valence-corrected chi connectivity index (χ0v) is 19.3. The summed E-state index contributed by atoms with van der Waals surface area (Å²) in [4.78, 5) is 11.7. The maximum absolute atomic E-state index is 11.7. The van der Waals surface area contributed by atoms with Gasteiger partial charge in [-0.05, 0) is 57.7 Å². The van der Waals surface area contributed by atoms with E-state index >= 15 is 0 Å². The predicted octanol–water partition coefficient (Wildman–Crippen LogP) is 5.07. The van der Waals surface area contributed by atoms with E-state index in [4.69, 9.17) is 14.2 Å². The Balaban J connectivity index is 1.71. The van der Waals surface area contributed by atoms with Crippen LogP contribution in [-0.4, -0.2) is 28.9 Å². The van der Waals surface area contributed by atoms with E-state index in [-0.39, 0.29) is 18.0 Å². The Morgan fingerprint density at radius 1 is 1.19 bits per heavy atom. The van der Waals surface area contributed by atoms with Crippen LogP contribution in [0.1, 0.15) is 60.9 Å². The molecule has 0 unspecified atom stereocenters. The summed E-state index contributed by atoms with van der Waals surface area (Å²) in [6.07, 6.45) is 4.99. The van der Waals surface area contributed by atoms with Gasteiger partial charge in [0.2, 0.25) is 0 Å². The van der Waals surface area contributed by atoms with Crippen molar-refractivity contribution >= 4 is 12.0 Å². The minimum Gasteiger partial charge on any atom is -0.488 e. The van der Waals surface area contributed by atoms with Crippen molar-refractivity contribution in [1.82, 2.24) is 0 Å². The Morgan fingerprint density at radius 2 is 1.94 bits per heavy atom. The second kappa shape index (κ2) is 8.99. The van der Waals surface area contributed by atoms with Gasteiger partial charge in [-0.25, -0.2) is 0 Å². The Bertz CT molecular complexity index is 1020. The number of esters is 1. The molecule has 2 aliphatic heterocycles. The van der Waals surface area contributed by atoms with E-state index in [1.165, 1.54) is 5.56 Å². The Hall–Kier alpha value is -2.79. The molecule has 2 aromatic carbocycles. The van der Waals surface area contributed by atoms with Crippen LogP contribution in [-0.2, 0) is 22.6 Å². The van der Waals surface area contributed by atoms with Gasteiger partial charge in [0.1, 0.15) is 29.8 Å². The van der Waals surface area contributed by atoms with E-state index in [1.807, 2.05) is 37.3 Å². The molecule has 5 nitrogen and oxygen atoms in total. The molecular formula is C27H32O5. The minimum atomic E-state index is -0.668. The summed E-state index contributed by atoms with van der Waals surface area (Å²) in [6.45, 7) is 8.84. The lowest BCUT2D eigenvalue weighted by Gasteiger charge is -2.36. The van der Waals surface area contributed by atoms with Gasteiger partial charge in [-0.2, -0.15) is 0 Å². The molecule has 2 atom stereocenters. The second-order valence-corrected chi connectivity index (χ2v) is 9.42. The molecule has 170 valence electrons. The van der Waals surface area contributed by atoms with Crippen molar-refractivity contribution < 1.29 is 24.1 Å². The number of carbonyl (C=O) groups excluding carboxylic acids is 1. The van der Waals surface area contributed by atoms with Gasteiger partial charge in [0.25, 0.3) is 0 Å². The van der Waals surface area contributed by atoms with Gasteiger partial charge in [-0.1, -0.05) is 36.4 Å². The lowest BCUT2D eigenvalue weighted by molar-refractivity contribution is -0.156. The molecule has 5 heteroatoms. The molecule has 0 bridgehead atoms. The third-order valence-corrected chi connectivity index (χ3v) is 6.31. The van der Waals surface area contributed by atoms with Crippen molar-refractivity contribution in [3.05, 3.63) is 64.2 Å². The molecule has 0 radical (unpaired) electrons. The summed E-state index contributed by atoms with van der Waals surface area (Å²) < 4.78 is 18.2. The van der Waals surface area contributed by atoms with Crippen molar-refractivity contribution in [1.29, 1.82) is 0 Å².